The van der Waals surface area contributed by atoms with Crippen LogP contribution in [0.3, 0.4) is 0 Å². The maximum absolute atomic E-state index is 10.8. The Labute approximate surface area is 104 Å². The fourth-order valence-corrected chi connectivity index (χ4v) is 1.26. The maximum atomic E-state index is 10.8. The minimum Gasteiger partial charge on any atom is -0.394 e. The van der Waals surface area contributed by atoms with Gasteiger partial charge < -0.3 is 19.7 Å². The van der Waals surface area contributed by atoms with E-state index in [1.54, 1.807) is 24.3 Å². The zero-order valence-electron chi connectivity index (χ0n) is 9.67. The summed E-state index contributed by atoms with van der Waals surface area (Å²) < 4.78 is 8.99. The third-order valence-electron chi connectivity index (χ3n) is 2.02. The van der Waals surface area contributed by atoms with Crippen LogP contribution < -0.4 is 0 Å². The Bertz CT molecular complexity index is 378. The van der Waals surface area contributed by atoms with Gasteiger partial charge in [-0.2, -0.15) is 0 Å². The number of fused-ring (bicyclic) bond motifs is 1. The van der Waals surface area contributed by atoms with Crippen molar-refractivity contribution >= 4 is 11.9 Å². The molecule has 0 saturated carbocycles. The molecule has 0 amide bonds. The molecule has 1 aliphatic heterocycles. The van der Waals surface area contributed by atoms with Crippen molar-refractivity contribution in [3.05, 3.63) is 35.4 Å². The molecule has 6 heteroatoms. The Hall–Kier alpha value is -1.76. The quantitative estimate of drug-likeness (QED) is 0.446. The van der Waals surface area contributed by atoms with Crippen molar-refractivity contribution in [3.8, 4) is 0 Å². The number of carbonyl (C=O) groups excluding carboxylic acids is 2. The highest BCUT2D eigenvalue weighted by Crippen LogP contribution is 2.18. The molecule has 18 heavy (non-hydrogen) atoms. The highest BCUT2D eigenvalue weighted by atomic mass is 16.6. The Morgan fingerprint density at radius 1 is 0.944 bits per heavy atom. The molecule has 0 aromatic heterocycles. The van der Waals surface area contributed by atoms with Gasteiger partial charge in [0, 0.05) is 0 Å². The molecule has 1 heterocycles. The van der Waals surface area contributed by atoms with Crippen molar-refractivity contribution < 1.29 is 29.3 Å². The zero-order chi connectivity index (χ0) is 13.4. The smallest absolute Gasteiger partial charge is 0.346 e. The van der Waals surface area contributed by atoms with Gasteiger partial charge in [-0.15, -0.1) is 0 Å². The summed E-state index contributed by atoms with van der Waals surface area (Å²) >= 11 is 0. The van der Waals surface area contributed by atoms with E-state index < -0.39 is 11.9 Å². The van der Waals surface area contributed by atoms with Gasteiger partial charge in [0.25, 0.3) is 0 Å². The molecule has 0 atom stereocenters. The molecule has 2 N–H and O–H groups in total. The van der Waals surface area contributed by atoms with Crippen LogP contribution in [0.15, 0.2) is 24.3 Å². The fraction of sp³-hybridized carbons (Fsp3) is 0.333. The lowest BCUT2D eigenvalue weighted by Crippen LogP contribution is -2.03. The molecular formula is C12H14O6. The molecule has 0 radical (unpaired) electrons. The number of rotatable bonds is 4. The van der Waals surface area contributed by atoms with Crippen LogP contribution in [0, 0.1) is 0 Å². The fourth-order valence-electron chi connectivity index (χ4n) is 1.26. The lowest BCUT2D eigenvalue weighted by molar-refractivity contribution is 0.0443. The molecule has 1 aromatic carbocycles. The van der Waals surface area contributed by atoms with E-state index in [1.165, 1.54) is 0 Å². The van der Waals surface area contributed by atoms with Gasteiger partial charge in [0.1, 0.15) is 0 Å². The van der Waals surface area contributed by atoms with E-state index in [-0.39, 0.29) is 13.2 Å². The van der Waals surface area contributed by atoms with Crippen LogP contribution in [0.5, 0.6) is 0 Å². The third-order valence-corrected chi connectivity index (χ3v) is 2.02. The summed E-state index contributed by atoms with van der Waals surface area (Å²) in [6, 6.07) is 6.53. The van der Waals surface area contributed by atoms with Gasteiger partial charge in [0.15, 0.2) is 0 Å². The summed E-state index contributed by atoms with van der Waals surface area (Å²) in [6.45, 7) is 0.696. The molecule has 1 aliphatic rings. The van der Waals surface area contributed by atoms with Crippen molar-refractivity contribution in [1.82, 2.24) is 0 Å². The van der Waals surface area contributed by atoms with Crippen molar-refractivity contribution in [3.63, 3.8) is 0 Å². The molecule has 0 spiro atoms. The SMILES string of the molecule is O=C1OC(=O)c2ccccc21.OCCOCCO. The molecule has 2 rings (SSSR count). The van der Waals surface area contributed by atoms with Crippen molar-refractivity contribution in [2.75, 3.05) is 26.4 Å². The summed E-state index contributed by atoms with van der Waals surface area (Å²) in [7, 11) is 0. The van der Waals surface area contributed by atoms with E-state index in [1.807, 2.05) is 0 Å². The number of hydrogen-bond acceptors (Lipinski definition) is 6. The normalized spacial score (nSPS) is 12.6. The number of esters is 2. The van der Waals surface area contributed by atoms with E-state index in [4.69, 9.17) is 10.2 Å². The number of ether oxygens (including phenoxy) is 2. The van der Waals surface area contributed by atoms with Crippen LogP contribution in [0.2, 0.25) is 0 Å². The lowest BCUT2D eigenvalue weighted by atomic mass is 10.1. The highest BCUT2D eigenvalue weighted by Gasteiger charge is 2.28. The van der Waals surface area contributed by atoms with Gasteiger partial charge in [0.2, 0.25) is 0 Å². The number of benzene rings is 1. The van der Waals surface area contributed by atoms with Crippen LogP contribution in [0.4, 0.5) is 0 Å². The van der Waals surface area contributed by atoms with Crippen LogP contribution in [0.1, 0.15) is 20.7 Å². The van der Waals surface area contributed by atoms with E-state index in [9.17, 15) is 9.59 Å². The van der Waals surface area contributed by atoms with E-state index in [0.29, 0.717) is 24.3 Å². The van der Waals surface area contributed by atoms with E-state index in [2.05, 4.69) is 9.47 Å². The Morgan fingerprint density at radius 3 is 1.78 bits per heavy atom. The van der Waals surface area contributed by atoms with Gasteiger partial charge in [-0.05, 0) is 12.1 Å². The molecule has 0 fully saturated rings. The standard InChI is InChI=1S/C8H4O3.C4H10O3/c9-7-5-3-1-2-4-6(5)8(10)11-7;5-1-3-7-4-2-6/h1-4H;5-6H,1-4H2. The van der Waals surface area contributed by atoms with E-state index in [0.717, 1.165) is 0 Å². The highest BCUT2D eigenvalue weighted by molar-refractivity contribution is 6.14. The number of carbonyl (C=O) groups is 2. The molecule has 0 bridgehead atoms. The number of cyclic esters (lactones) is 2. The second kappa shape index (κ2) is 7.54. The maximum Gasteiger partial charge on any atom is 0.346 e. The molecule has 98 valence electrons. The minimum absolute atomic E-state index is 0.0278. The molecule has 0 aliphatic carbocycles. The Balaban J connectivity index is 0.000000203. The number of hydrogen-bond donors (Lipinski definition) is 2. The van der Waals surface area contributed by atoms with Crippen molar-refractivity contribution in [1.29, 1.82) is 0 Å². The summed E-state index contributed by atoms with van der Waals surface area (Å²) in [5, 5.41) is 16.2. The molecule has 0 unspecified atom stereocenters. The van der Waals surface area contributed by atoms with Crippen LogP contribution >= 0.6 is 0 Å². The Kier molecular flexibility index (Phi) is 5.99. The van der Waals surface area contributed by atoms with Crippen molar-refractivity contribution in [2.24, 2.45) is 0 Å². The first kappa shape index (κ1) is 14.3. The largest absolute Gasteiger partial charge is 0.394 e. The first-order valence-corrected chi connectivity index (χ1v) is 5.35. The first-order chi connectivity index (χ1) is 8.70. The molecule has 1 aromatic rings. The zero-order valence-corrected chi connectivity index (χ0v) is 9.67. The average Bonchev–Trinajstić information content (AvgIpc) is 2.67. The summed E-state index contributed by atoms with van der Waals surface area (Å²) in [6.07, 6.45) is 0. The second-order valence-corrected chi connectivity index (χ2v) is 3.28. The monoisotopic (exact) mass is 254 g/mol. The third kappa shape index (κ3) is 3.92. The lowest BCUT2D eigenvalue weighted by Gasteiger charge is -1.94. The molecular weight excluding hydrogens is 240 g/mol. The van der Waals surface area contributed by atoms with Gasteiger partial charge in [-0.3, -0.25) is 0 Å². The number of aliphatic hydroxyl groups excluding tert-OH is 2. The summed E-state index contributed by atoms with van der Waals surface area (Å²) in [5.41, 5.74) is 0.718. The minimum atomic E-state index is -0.550. The average molecular weight is 254 g/mol. The van der Waals surface area contributed by atoms with Crippen molar-refractivity contribution in [2.45, 2.75) is 0 Å². The Morgan fingerprint density at radius 2 is 1.39 bits per heavy atom. The van der Waals surface area contributed by atoms with E-state index >= 15 is 0 Å². The van der Waals surface area contributed by atoms with Crippen LogP contribution in [0.25, 0.3) is 0 Å². The summed E-state index contributed by atoms with van der Waals surface area (Å²) in [5.74, 6) is -1.10. The van der Waals surface area contributed by atoms with Gasteiger partial charge in [0.05, 0.1) is 37.6 Å². The van der Waals surface area contributed by atoms with Crippen LogP contribution in [-0.4, -0.2) is 48.6 Å². The predicted octanol–water partition coefficient (Wildman–Crippen LogP) is -0.0152. The summed E-state index contributed by atoms with van der Waals surface area (Å²) in [4.78, 5) is 21.7. The predicted molar refractivity (Wildman–Crippen MR) is 61.2 cm³/mol. The molecule has 0 saturated heterocycles. The van der Waals surface area contributed by atoms with Crippen LogP contribution in [-0.2, 0) is 9.47 Å². The first-order valence-electron chi connectivity index (χ1n) is 5.35. The second-order valence-electron chi connectivity index (χ2n) is 3.28. The van der Waals surface area contributed by atoms with Gasteiger partial charge in [-0.25, -0.2) is 9.59 Å². The molecule has 6 nitrogen and oxygen atoms in total. The number of aliphatic hydroxyl groups is 2. The van der Waals surface area contributed by atoms with Gasteiger partial charge in [-0.1, -0.05) is 12.1 Å². The topological polar surface area (TPSA) is 93.1 Å². The van der Waals surface area contributed by atoms with Gasteiger partial charge >= 0.3 is 11.9 Å².